The van der Waals surface area contributed by atoms with Gasteiger partial charge in [0.25, 0.3) is 0 Å². The van der Waals surface area contributed by atoms with Crippen molar-refractivity contribution in [3.8, 4) is 23.0 Å². The minimum absolute atomic E-state index is 0.000465. The van der Waals surface area contributed by atoms with E-state index in [1.165, 1.54) is 87.1 Å². The van der Waals surface area contributed by atoms with Crippen LogP contribution in [0.4, 0.5) is 0 Å². The summed E-state index contributed by atoms with van der Waals surface area (Å²) in [4.78, 5) is 24.9. The Hall–Kier alpha value is -3.28. The van der Waals surface area contributed by atoms with Gasteiger partial charge in [0.15, 0.2) is 5.78 Å². The van der Waals surface area contributed by atoms with Crippen LogP contribution in [0.1, 0.15) is 87.1 Å². The van der Waals surface area contributed by atoms with Gasteiger partial charge in [-0.2, -0.15) is 0 Å². The van der Waals surface area contributed by atoms with Crippen molar-refractivity contribution in [2.45, 2.75) is 71.1 Å². The molecule has 3 N–H and O–H groups in total. The molecule has 0 fully saturated rings. The van der Waals surface area contributed by atoms with Gasteiger partial charge < -0.3 is 20.1 Å². The first kappa shape index (κ1) is 26.0. The Morgan fingerprint density at radius 1 is 0.818 bits per heavy atom. The lowest BCUT2D eigenvalue weighted by molar-refractivity contribution is -0.134. The summed E-state index contributed by atoms with van der Waals surface area (Å²) < 4.78 is 5.37. The number of benzene rings is 2. The van der Waals surface area contributed by atoms with E-state index in [2.05, 4.69) is 6.92 Å². The van der Waals surface area contributed by atoms with E-state index in [9.17, 15) is 24.9 Å². The number of phenolic OH excluding ortho intramolecular Hbond substituents is 3. The Kier molecular flexibility index (Phi) is 11.0. The maximum absolute atomic E-state index is 12.6. The molecule has 2 aromatic carbocycles. The molecule has 2 aromatic rings. The average molecular weight is 455 g/mol. The first-order chi connectivity index (χ1) is 15.9. The van der Waals surface area contributed by atoms with Crippen LogP contribution in [0.15, 0.2) is 42.5 Å². The lowest BCUT2D eigenvalue weighted by Gasteiger charge is -2.09. The van der Waals surface area contributed by atoms with Gasteiger partial charge in [-0.3, -0.25) is 9.59 Å². The summed E-state index contributed by atoms with van der Waals surface area (Å²) >= 11 is 0. The molecule has 33 heavy (non-hydrogen) atoms. The van der Waals surface area contributed by atoms with E-state index < -0.39 is 11.8 Å². The van der Waals surface area contributed by atoms with Crippen LogP contribution in [0.3, 0.4) is 0 Å². The predicted octanol–water partition coefficient (Wildman–Crippen LogP) is 6.53. The number of carbonyl (C=O) groups is 2. The van der Waals surface area contributed by atoms with Crippen molar-refractivity contribution in [1.29, 1.82) is 0 Å². The zero-order valence-electron chi connectivity index (χ0n) is 19.3. The number of ether oxygens (including phenoxy) is 1. The monoisotopic (exact) mass is 454 g/mol. The second-order valence-electron chi connectivity index (χ2n) is 8.17. The van der Waals surface area contributed by atoms with Gasteiger partial charge in [-0.25, -0.2) is 0 Å². The molecule has 0 bridgehead atoms. The first-order valence-electron chi connectivity index (χ1n) is 11.7. The van der Waals surface area contributed by atoms with Crippen LogP contribution in [0.25, 0.3) is 6.08 Å². The van der Waals surface area contributed by atoms with Crippen LogP contribution in [-0.4, -0.2) is 27.1 Å². The molecule has 0 aromatic heterocycles. The third kappa shape index (κ3) is 9.39. The summed E-state index contributed by atoms with van der Waals surface area (Å²) in [7, 11) is 0. The third-order valence-corrected chi connectivity index (χ3v) is 5.37. The maximum atomic E-state index is 12.6. The highest BCUT2D eigenvalue weighted by atomic mass is 16.5. The van der Waals surface area contributed by atoms with Crippen LogP contribution in [0.5, 0.6) is 23.0 Å². The normalized spacial score (nSPS) is 11.1. The minimum atomic E-state index is -0.451. The highest BCUT2D eigenvalue weighted by Gasteiger charge is 2.15. The van der Waals surface area contributed by atoms with E-state index in [0.717, 1.165) is 19.3 Å². The number of rotatable bonds is 14. The van der Waals surface area contributed by atoms with Crippen LogP contribution < -0.4 is 4.74 Å². The molecule has 0 aliphatic rings. The molecule has 0 radical (unpaired) electrons. The molecule has 6 heteroatoms. The number of phenols is 3. The van der Waals surface area contributed by atoms with Crippen molar-refractivity contribution in [2.75, 3.05) is 0 Å². The average Bonchev–Trinajstić information content (AvgIpc) is 2.77. The number of hydrogen-bond acceptors (Lipinski definition) is 6. The number of aromatic hydroxyl groups is 3. The van der Waals surface area contributed by atoms with Gasteiger partial charge in [0.05, 0.1) is 5.56 Å². The molecule has 0 heterocycles. The van der Waals surface area contributed by atoms with Crippen molar-refractivity contribution in [2.24, 2.45) is 0 Å². The molecule has 0 aliphatic heterocycles. The molecule has 2 rings (SSSR count). The lowest BCUT2D eigenvalue weighted by Crippen LogP contribution is -2.10. The molecular weight excluding hydrogens is 420 g/mol. The van der Waals surface area contributed by atoms with Crippen molar-refractivity contribution >= 4 is 17.8 Å². The highest BCUT2D eigenvalue weighted by molar-refractivity contribution is 6.09. The lowest BCUT2D eigenvalue weighted by atomic mass is 10.1. The standard InChI is InChI=1S/C27H34O6/c1-2-3-4-5-6-7-8-9-10-11-27(32)33-26-19-22(29)15-16-23(26)24(30)17-13-20-12-14-21(28)18-25(20)31/h12-19,28-29,31H,2-11H2,1H3. The van der Waals surface area contributed by atoms with Gasteiger partial charge in [-0.15, -0.1) is 0 Å². The quantitative estimate of drug-likeness (QED) is 0.0986. The highest BCUT2D eigenvalue weighted by Crippen LogP contribution is 2.27. The summed E-state index contributed by atoms with van der Waals surface area (Å²) in [5.74, 6) is -1.27. The van der Waals surface area contributed by atoms with Crippen molar-refractivity contribution in [3.63, 3.8) is 0 Å². The first-order valence-corrected chi connectivity index (χ1v) is 11.7. The van der Waals surface area contributed by atoms with Gasteiger partial charge in [0.2, 0.25) is 0 Å². The van der Waals surface area contributed by atoms with Crippen LogP contribution in [0.2, 0.25) is 0 Å². The van der Waals surface area contributed by atoms with Crippen molar-refractivity contribution in [1.82, 2.24) is 0 Å². The van der Waals surface area contributed by atoms with Gasteiger partial charge in [0, 0.05) is 24.1 Å². The molecule has 6 nitrogen and oxygen atoms in total. The SMILES string of the molecule is CCCCCCCCCCCC(=O)Oc1cc(O)ccc1C(=O)C=Cc1ccc(O)cc1O. The fourth-order valence-electron chi connectivity index (χ4n) is 3.48. The molecule has 0 unspecified atom stereocenters. The van der Waals surface area contributed by atoms with Crippen LogP contribution in [-0.2, 0) is 4.79 Å². The summed E-state index contributed by atoms with van der Waals surface area (Å²) in [5, 5.41) is 29.0. The van der Waals surface area contributed by atoms with E-state index in [1.54, 1.807) is 0 Å². The number of esters is 1. The van der Waals surface area contributed by atoms with Crippen LogP contribution in [0, 0.1) is 0 Å². The smallest absolute Gasteiger partial charge is 0.311 e. The fourth-order valence-corrected chi connectivity index (χ4v) is 3.48. The van der Waals surface area contributed by atoms with E-state index in [-0.39, 0.29) is 35.0 Å². The zero-order chi connectivity index (χ0) is 24.1. The molecule has 0 amide bonds. The third-order valence-electron chi connectivity index (χ3n) is 5.37. The van der Waals surface area contributed by atoms with Crippen molar-refractivity contribution < 1.29 is 29.6 Å². The van der Waals surface area contributed by atoms with Gasteiger partial charge >= 0.3 is 5.97 Å². The molecule has 0 aliphatic carbocycles. The molecule has 0 spiro atoms. The fraction of sp³-hybridized carbons (Fsp3) is 0.407. The number of unbranched alkanes of at least 4 members (excludes halogenated alkanes) is 8. The van der Waals surface area contributed by atoms with Crippen molar-refractivity contribution in [3.05, 3.63) is 53.6 Å². The molecular formula is C27H34O6. The van der Waals surface area contributed by atoms with Crippen LogP contribution >= 0.6 is 0 Å². The van der Waals surface area contributed by atoms with Gasteiger partial charge in [-0.1, -0.05) is 58.3 Å². The van der Waals surface area contributed by atoms with Gasteiger partial charge in [-0.05, 0) is 42.8 Å². The molecule has 0 saturated heterocycles. The number of allylic oxidation sites excluding steroid dienone is 1. The Bertz CT molecular complexity index is 948. The molecule has 0 saturated carbocycles. The number of hydrogen-bond donors (Lipinski definition) is 3. The Morgan fingerprint density at radius 3 is 2.09 bits per heavy atom. The largest absolute Gasteiger partial charge is 0.508 e. The van der Waals surface area contributed by atoms with E-state index in [4.69, 9.17) is 4.74 Å². The number of ketones is 1. The Labute approximate surface area is 195 Å². The second-order valence-corrected chi connectivity index (χ2v) is 8.17. The van der Waals surface area contributed by atoms with E-state index >= 15 is 0 Å². The summed E-state index contributed by atoms with van der Waals surface area (Å²) in [6, 6.07) is 8.01. The Morgan fingerprint density at radius 2 is 1.42 bits per heavy atom. The predicted molar refractivity (Wildman–Crippen MR) is 129 cm³/mol. The molecule has 178 valence electrons. The summed E-state index contributed by atoms with van der Waals surface area (Å²) in [6.07, 6.45) is 13.1. The maximum Gasteiger partial charge on any atom is 0.311 e. The van der Waals surface area contributed by atoms with Gasteiger partial charge in [0.1, 0.15) is 23.0 Å². The van der Waals surface area contributed by atoms with E-state index in [1.807, 2.05) is 0 Å². The zero-order valence-corrected chi connectivity index (χ0v) is 19.3. The topological polar surface area (TPSA) is 104 Å². The van der Waals surface area contributed by atoms with E-state index in [0.29, 0.717) is 5.56 Å². The summed E-state index contributed by atoms with van der Waals surface area (Å²) in [5.41, 5.74) is 0.478. The molecule has 0 atom stereocenters. The second kappa shape index (κ2) is 14.0. The summed E-state index contributed by atoms with van der Waals surface area (Å²) in [6.45, 7) is 2.20. The Balaban J connectivity index is 1.87. The number of carbonyl (C=O) groups excluding carboxylic acids is 2. The minimum Gasteiger partial charge on any atom is -0.508 e.